The van der Waals surface area contributed by atoms with E-state index < -0.39 is 41.4 Å². The fourth-order valence-electron chi connectivity index (χ4n) is 2.63. The van der Waals surface area contributed by atoms with Gasteiger partial charge in [0.1, 0.15) is 5.60 Å². The Morgan fingerprint density at radius 1 is 1.24 bits per heavy atom. The molecule has 0 bridgehead atoms. The number of Topliss-reactive ketones (excluding diaryl/α,β-unsaturated/α-hetero) is 1. The molecule has 1 saturated heterocycles. The van der Waals surface area contributed by atoms with Crippen molar-refractivity contribution in [2.45, 2.75) is 71.4 Å². The zero-order valence-electron chi connectivity index (χ0n) is 15.8. The molecule has 0 spiro atoms. The number of nitrogens with zero attached hydrogens (tertiary/aromatic N) is 1. The Labute approximate surface area is 148 Å². The summed E-state index contributed by atoms with van der Waals surface area (Å²) in [4.78, 5) is 37.2. The second kappa shape index (κ2) is 8.14. The van der Waals surface area contributed by atoms with Crippen molar-refractivity contribution in [1.29, 1.82) is 0 Å². The lowest BCUT2D eigenvalue weighted by atomic mass is 9.77. The second-order valence-corrected chi connectivity index (χ2v) is 7.18. The molecule has 1 heterocycles. The Hall–Kier alpha value is -1.67. The van der Waals surface area contributed by atoms with Crippen LogP contribution in [0.25, 0.3) is 0 Å². The molecule has 2 unspecified atom stereocenters. The number of imide groups is 1. The summed E-state index contributed by atoms with van der Waals surface area (Å²) in [6, 6.07) is 0. The normalized spacial score (nSPS) is 21.6. The maximum atomic E-state index is 12.5. The van der Waals surface area contributed by atoms with Crippen molar-refractivity contribution in [3.05, 3.63) is 0 Å². The molecule has 0 aromatic carbocycles. The minimum atomic E-state index is -1.44. The van der Waals surface area contributed by atoms with E-state index in [1.54, 1.807) is 34.6 Å². The van der Waals surface area contributed by atoms with Gasteiger partial charge in [-0.3, -0.25) is 4.79 Å². The molecule has 0 radical (unpaired) electrons. The van der Waals surface area contributed by atoms with E-state index in [9.17, 15) is 19.5 Å². The third-order valence-electron chi connectivity index (χ3n) is 4.27. The van der Waals surface area contributed by atoms with Crippen molar-refractivity contribution in [1.82, 2.24) is 4.90 Å². The number of rotatable bonds is 4. The van der Waals surface area contributed by atoms with E-state index in [4.69, 9.17) is 14.2 Å². The standard InChI is InChI=1S/C17H29NO7/c1-7-17(22,8-2)11-9-10-23-13(12(11)19)24-14(20)18(6)15(21)25-16(3,4)5/h11,13,22H,7-10H2,1-6H3. The van der Waals surface area contributed by atoms with Crippen LogP contribution in [0, 0.1) is 5.92 Å². The summed E-state index contributed by atoms with van der Waals surface area (Å²) in [7, 11) is 1.19. The predicted octanol–water partition coefficient (Wildman–Crippen LogP) is 2.47. The van der Waals surface area contributed by atoms with Crippen molar-refractivity contribution >= 4 is 18.0 Å². The molecule has 1 fully saturated rings. The number of amides is 2. The fourth-order valence-corrected chi connectivity index (χ4v) is 2.63. The van der Waals surface area contributed by atoms with Gasteiger partial charge in [-0.1, -0.05) is 13.8 Å². The van der Waals surface area contributed by atoms with Gasteiger partial charge in [0.15, 0.2) is 0 Å². The highest BCUT2D eigenvalue weighted by molar-refractivity contribution is 5.91. The van der Waals surface area contributed by atoms with E-state index in [1.165, 1.54) is 7.05 Å². The number of aliphatic hydroxyl groups is 1. The Bertz CT molecular complexity index is 508. The van der Waals surface area contributed by atoms with Gasteiger partial charge in [-0.25, -0.2) is 14.5 Å². The number of ether oxygens (including phenoxy) is 3. The first kappa shape index (κ1) is 21.4. The number of hydrogen-bond donors (Lipinski definition) is 1. The monoisotopic (exact) mass is 359 g/mol. The summed E-state index contributed by atoms with van der Waals surface area (Å²) in [6.45, 7) is 8.76. The van der Waals surface area contributed by atoms with E-state index in [2.05, 4.69) is 0 Å². The lowest BCUT2D eigenvalue weighted by Gasteiger charge is -2.38. The first-order valence-electron chi connectivity index (χ1n) is 8.50. The van der Waals surface area contributed by atoms with Crippen LogP contribution in [-0.4, -0.2) is 59.1 Å². The Kier molecular flexibility index (Phi) is 6.96. The summed E-state index contributed by atoms with van der Waals surface area (Å²) in [5.74, 6) is -1.18. The number of carbonyl (C=O) groups excluding carboxylic acids is 3. The third-order valence-corrected chi connectivity index (χ3v) is 4.27. The minimum absolute atomic E-state index is 0.173. The van der Waals surface area contributed by atoms with Crippen molar-refractivity contribution < 1.29 is 33.7 Å². The first-order valence-corrected chi connectivity index (χ1v) is 8.50. The van der Waals surface area contributed by atoms with E-state index in [1.807, 2.05) is 0 Å². The van der Waals surface area contributed by atoms with Gasteiger partial charge in [-0.15, -0.1) is 0 Å². The molecule has 8 heteroatoms. The van der Waals surface area contributed by atoms with Crippen LogP contribution in [0.15, 0.2) is 0 Å². The molecular weight excluding hydrogens is 330 g/mol. The van der Waals surface area contributed by atoms with Crippen LogP contribution in [0.3, 0.4) is 0 Å². The Morgan fingerprint density at radius 2 is 1.80 bits per heavy atom. The van der Waals surface area contributed by atoms with Crippen LogP contribution in [-0.2, 0) is 19.0 Å². The quantitative estimate of drug-likeness (QED) is 0.822. The molecule has 0 saturated carbocycles. The number of hydrogen-bond acceptors (Lipinski definition) is 7. The zero-order chi connectivity index (χ0) is 19.4. The average molecular weight is 359 g/mol. The molecule has 0 aromatic heterocycles. The maximum Gasteiger partial charge on any atom is 0.421 e. The first-order chi connectivity index (χ1) is 11.4. The molecule has 2 atom stereocenters. The molecule has 2 amide bonds. The highest BCUT2D eigenvalue weighted by Crippen LogP contribution is 2.33. The minimum Gasteiger partial charge on any atom is -0.443 e. The van der Waals surface area contributed by atoms with Gasteiger partial charge in [0.05, 0.1) is 18.1 Å². The van der Waals surface area contributed by atoms with Gasteiger partial charge in [0.2, 0.25) is 5.78 Å². The topological polar surface area (TPSA) is 102 Å². The fraction of sp³-hybridized carbons (Fsp3) is 0.824. The zero-order valence-corrected chi connectivity index (χ0v) is 15.8. The number of ketones is 1. The smallest absolute Gasteiger partial charge is 0.421 e. The third kappa shape index (κ3) is 5.40. The van der Waals surface area contributed by atoms with Crippen LogP contribution in [0.5, 0.6) is 0 Å². The Morgan fingerprint density at radius 3 is 2.28 bits per heavy atom. The van der Waals surface area contributed by atoms with Crippen molar-refractivity contribution in [3.8, 4) is 0 Å². The van der Waals surface area contributed by atoms with E-state index in [0.717, 1.165) is 0 Å². The molecule has 0 aromatic rings. The van der Waals surface area contributed by atoms with E-state index in [-0.39, 0.29) is 6.61 Å². The molecule has 0 aliphatic carbocycles. The Balaban J connectivity index is 2.77. The van der Waals surface area contributed by atoms with Crippen LogP contribution < -0.4 is 0 Å². The predicted molar refractivity (Wildman–Crippen MR) is 88.9 cm³/mol. The van der Waals surface area contributed by atoms with Gasteiger partial charge >= 0.3 is 12.2 Å². The number of carbonyl (C=O) groups is 3. The van der Waals surface area contributed by atoms with Crippen molar-refractivity contribution in [3.63, 3.8) is 0 Å². The summed E-state index contributed by atoms with van der Waals surface area (Å²) >= 11 is 0. The molecule has 144 valence electrons. The van der Waals surface area contributed by atoms with Crippen molar-refractivity contribution in [2.24, 2.45) is 5.92 Å². The molecule has 25 heavy (non-hydrogen) atoms. The van der Waals surface area contributed by atoms with Crippen LogP contribution in [0.2, 0.25) is 0 Å². The lowest BCUT2D eigenvalue weighted by Crippen LogP contribution is -2.51. The average Bonchev–Trinajstić information content (AvgIpc) is 2.53. The second-order valence-electron chi connectivity index (χ2n) is 7.18. The summed E-state index contributed by atoms with van der Waals surface area (Å²) in [5.41, 5.74) is -1.94. The molecule has 1 aliphatic heterocycles. The van der Waals surface area contributed by atoms with Gasteiger partial charge in [0, 0.05) is 7.05 Å². The maximum absolute atomic E-state index is 12.5. The van der Waals surface area contributed by atoms with Gasteiger partial charge in [-0.05, 0) is 40.0 Å². The molecular formula is C17H29NO7. The highest BCUT2D eigenvalue weighted by atomic mass is 16.7. The molecule has 1 aliphatic rings. The van der Waals surface area contributed by atoms with Crippen LogP contribution in [0.1, 0.15) is 53.9 Å². The van der Waals surface area contributed by atoms with Gasteiger partial charge in [0.25, 0.3) is 6.29 Å². The lowest BCUT2D eigenvalue weighted by molar-refractivity contribution is -0.186. The van der Waals surface area contributed by atoms with Crippen molar-refractivity contribution in [2.75, 3.05) is 13.7 Å². The summed E-state index contributed by atoms with van der Waals surface area (Å²) in [6.07, 6.45) is -2.23. The molecule has 1 rings (SSSR count). The summed E-state index contributed by atoms with van der Waals surface area (Å²) in [5, 5.41) is 10.6. The highest BCUT2D eigenvalue weighted by Gasteiger charge is 2.46. The van der Waals surface area contributed by atoms with Crippen LogP contribution in [0.4, 0.5) is 9.59 Å². The van der Waals surface area contributed by atoms with E-state index in [0.29, 0.717) is 24.2 Å². The van der Waals surface area contributed by atoms with Gasteiger partial charge < -0.3 is 19.3 Å². The largest absolute Gasteiger partial charge is 0.443 e. The SMILES string of the molecule is CCC(O)(CC)C1CCOC(OC(=O)N(C)C(=O)OC(C)(C)C)C1=O. The molecule has 8 nitrogen and oxygen atoms in total. The summed E-state index contributed by atoms with van der Waals surface area (Å²) < 4.78 is 15.3. The van der Waals surface area contributed by atoms with Crippen LogP contribution >= 0.6 is 0 Å². The van der Waals surface area contributed by atoms with Gasteiger partial charge in [-0.2, -0.15) is 0 Å². The molecule has 1 N–H and O–H groups in total. The van der Waals surface area contributed by atoms with E-state index >= 15 is 0 Å².